The summed E-state index contributed by atoms with van der Waals surface area (Å²) in [5.41, 5.74) is 6.38. The van der Waals surface area contributed by atoms with E-state index in [0.717, 1.165) is 31.2 Å². The SMILES string of the molecule is CC1CN(CCn2cc(CN)nn2)CC1N(C)C. The van der Waals surface area contributed by atoms with Gasteiger partial charge in [0.2, 0.25) is 0 Å². The Labute approximate surface area is 109 Å². The first-order valence-electron chi connectivity index (χ1n) is 6.58. The second kappa shape index (κ2) is 5.77. The molecule has 0 bridgehead atoms. The lowest BCUT2D eigenvalue weighted by Crippen LogP contribution is -2.34. The van der Waals surface area contributed by atoms with Gasteiger partial charge >= 0.3 is 0 Å². The largest absolute Gasteiger partial charge is 0.325 e. The van der Waals surface area contributed by atoms with E-state index in [1.807, 2.05) is 10.9 Å². The first kappa shape index (κ1) is 13.5. The third-order valence-corrected chi connectivity index (χ3v) is 3.75. The van der Waals surface area contributed by atoms with Crippen molar-refractivity contribution in [3.05, 3.63) is 11.9 Å². The van der Waals surface area contributed by atoms with Crippen LogP contribution in [0, 0.1) is 5.92 Å². The van der Waals surface area contributed by atoms with Crippen molar-refractivity contribution in [2.45, 2.75) is 26.1 Å². The monoisotopic (exact) mass is 252 g/mol. The maximum absolute atomic E-state index is 5.52. The molecule has 0 spiro atoms. The second-order valence-corrected chi connectivity index (χ2v) is 5.44. The van der Waals surface area contributed by atoms with E-state index in [0.29, 0.717) is 12.6 Å². The molecule has 6 nitrogen and oxygen atoms in total. The van der Waals surface area contributed by atoms with Crippen LogP contribution in [0.5, 0.6) is 0 Å². The summed E-state index contributed by atoms with van der Waals surface area (Å²) in [6.45, 7) is 7.02. The quantitative estimate of drug-likeness (QED) is 0.774. The minimum atomic E-state index is 0.462. The number of likely N-dealkylation sites (N-methyl/N-ethyl adjacent to an activating group) is 1. The molecule has 6 heteroatoms. The highest BCUT2D eigenvalue weighted by Gasteiger charge is 2.30. The fraction of sp³-hybridized carbons (Fsp3) is 0.833. The highest BCUT2D eigenvalue weighted by molar-refractivity contribution is 4.91. The first-order chi connectivity index (χ1) is 8.60. The van der Waals surface area contributed by atoms with E-state index in [2.05, 4.69) is 41.1 Å². The fourth-order valence-electron chi connectivity index (χ4n) is 2.69. The number of nitrogens with zero attached hydrogens (tertiary/aromatic N) is 5. The molecule has 0 radical (unpaired) electrons. The molecule has 18 heavy (non-hydrogen) atoms. The maximum Gasteiger partial charge on any atom is 0.0962 e. The van der Waals surface area contributed by atoms with E-state index in [1.54, 1.807) is 0 Å². The minimum Gasteiger partial charge on any atom is -0.325 e. The van der Waals surface area contributed by atoms with Crippen molar-refractivity contribution < 1.29 is 0 Å². The van der Waals surface area contributed by atoms with E-state index < -0.39 is 0 Å². The summed E-state index contributed by atoms with van der Waals surface area (Å²) in [5.74, 6) is 0.732. The van der Waals surface area contributed by atoms with Crippen LogP contribution in [0.2, 0.25) is 0 Å². The Hall–Kier alpha value is -0.980. The lowest BCUT2D eigenvalue weighted by atomic mass is 10.1. The molecule has 0 aromatic carbocycles. The Kier molecular flexibility index (Phi) is 4.31. The van der Waals surface area contributed by atoms with Crippen LogP contribution < -0.4 is 5.73 Å². The van der Waals surface area contributed by atoms with Gasteiger partial charge in [0.05, 0.1) is 12.2 Å². The van der Waals surface area contributed by atoms with Gasteiger partial charge in [-0.1, -0.05) is 12.1 Å². The summed E-state index contributed by atoms with van der Waals surface area (Å²) in [6.07, 6.45) is 1.93. The summed E-state index contributed by atoms with van der Waals surface area (Å²) in [6, 6.07) is 0.667. The normalized spacial score (nSPS) is 25.2. The van der Waals surface area contributed by atoms with Crippen LogP contribution in [0.3, 0.4) is 0 Å². The number of aromatic nitrogens is 3. The molecule has 1 aliphatic heterocycles. The number of nitrogens with two attached hydrogens (primary N) is 1. The predicted octanol–water partition coefficient (Wildman–Crippen LogP) is -0.381. The predicted molar refractivity (Wildman–Crippen MR) is 71.0 cm³/mol. The molecule has 0 aliphatic carbocycles. The van der Waals surface area contributed by atoms with Gasteiger partial charge in [-0.15, -0.1) is 5.10 Å². The fourth-order valence-corrected chi connectivity index (χ4v) is 2.69. The third-order valence-electron chi connectivity index (χ3n) is 3.75. The molecule has 1 saturated heterocycles. The molecule has 1 aromatic heterocycles. The molecule has 0 saturated carbocycles. The van der Waals surface area contributed by atoms with E-state index >= 15 is 0 Å². The summed E-state index contributed by atoms with van der Waals surface area (Å²) >= 11 is 0. The first-order valence-corrected chi connectivity index (χ1v) is 6.58. The molecular weight excluding hydrogens is 228 g/mol. The van der Waals surface area contributed by atoms with Crippen molar-refractivity contribution in [3.63, 3.8) is 0 Å². The average molecular weight is 252 g/mol. The summed E-state index contributed by atoms with van der Waals surface area (Å²) in [4.78, 5) is 4.83. The van der Waals surface area contributed by atoms with Crippen molar-refractivity contribution in [1.82, 2.24) is 24.8 Å². The Balaban J connectivity index is 1.81. The number of likely N-dealkylation sites (tertiary alicyclic amines) is 1. The minimum absolute atomic E-state index is 0.462. The van der Waals surface area contributed by atoms with Crippen molar-refractivity contribution in [3.8, 4) is 0 Å². The van der Waals surface area contributed by atoms with Crippen LogP contribution in [-0.2, 0) is 13.1 Å². The lowest BCUT2D eigenvalue weighted by molar-refractivity contribution is 0.248. The molecule has 2 atom stereocenters. The molecular formula is C12H24N6. The van der Waals surface area contributed by atoms with Gasteiger partial charge in [-0.2, -0.15) is 0 Å². The highest BCUT2D eigenvalue weighted by Crippen LogP contribution is 2.19. The van der Waals surface area contributed by atoms with Crippen molar-refractivity contribution >= 4 is 0 Å². The molecule has 2 unspecified atom stereocenters. The molecule has 2 N–H and O–H groups in total. The van der Waals surface area contributed by atoms with Crippen molar-refractivity contribution in [2.24, 2.45) is 11.7 Å². The van der Waals surface area contributed by atoms with Crippen LogP contribution in [0.1, 0.15) is 12.6 Å². The highest BCUT2D eigenvalue weighted by atomic mass is 15.4. The number of rotatable bonds is 5. The van der Waals surface area contributed by atoms with Gasteiger partial charge in [0.15, 0.2) is 0 Å². The number of hydrogen-bond acceptors (Lipinski definition) is 5. The Bertz CT molecular complexity index is 374. The summed E-state index contributed by atoms with van der Waals surface area (Å²) in [5, 5.41) is 8.07. The summed E-state index contributed by atoms with van der Waals surface area (Å²) in [7, 11) is 4.32. The Morgan fingerprint density at radius 3 is 2.72 bits per heavy atom. The zero-order valence-electron chi connectivity index (χ0n) is 11.6. The van der Waals surface area contributed by atoms with Crippen molar-refractivity contribution in [1.29, 1.82) is 0 Å². The van der Waals surface area contributed by atoms with E-state index in [1.165, 1.54) is 6.54 Å². The third kappa shape index (κ3) is 3.07. The maximum atomic E-state index is 5.52. The molecule has 2 heterocycles. The molecule has 1 fully saturated rings. The number of hydrogen-bond donors (Lipinski definition) is 1. The van der Waals surface area contributed by atoms with Crippen LogP contribution in [-0.4, -0.2) is 64.6 Å². The molecule has 0 amide bonds. The van der Waals surface area contributed by atoms with Gasteiger partial charge in [-0.3, -0.25) is 9.58 Å². The topological polar surface area (TPSA) is 63.2 Å². The van der Waals surface area contributed by atoms with Gasteiger partial charge in [-0.25, -0.2) is 0 Å². The zero-order valence-corrected chi connectivity index (χ0v) is 11.6. The molecule has 2 rings (SSSR count). The van der Waals surface area contributed by atoms with Crippen molar-refractivity contribution in [2.75, 3.05) is 33.7 Å². The summed E-state index contributed by atoms with van der Waals surface area (Å²) < 4.78 is 1.88. The van der Waals surface area contributed by atoms with Crippen LogP contribution >= 0.6 is 0 Å². The smallest absolute Gasteiger partial charge is 0.0962 e. The Morgan fingerprint density at radius 2 is 2.17 bits per heavy atom. The Morgan fingerprint density at radius 1 is 1.39 bits per heavy atom. The molecule has 1 aromatic rings. The van der Waals surface area contributed by atoms with Crippen LogP contribution in [0.15, 0.2) is 6.20 Å². The van der Waals surface area contributed by atoms with Crippen LogP contribution in [0.25, 0.3) is 0 Å². The van der Waals surface area contributed by atoms with E-state index in [4.69, 9.17) is 5.73 Å². The average Bonchev–Trinajstić information content (AvgIpc) is 2.92. The zero-order chi connectivity index (χ0) is 13.1. The van der Waals surface area contributed by atoms with Gasteiger partial charge in [0.25, 0.3) is 0 Å². The standard InChI is InChI=1S/C12H24N6/c1-10-7-17(9-12(10)16(2)3)4-5-18-8-11(6-13)14-15-18/h8,10,12H,4-7,9,13H2,1-3H3. The second-order valence-electron chi connectivity index (χ2n) is 5.44. The van der Waals surface area contributed by atoms with Gasteiger partial charge in [-0.05, 0) is 20.0 Å². The lowest BCUT2D eigenvalue weighted by Gasteiger charge is -2.22. The van der Waals surface area contributed by atoms with Gasteiger partial charge in [0.1, 0.15) is 0 Å². The van der Waals surface area contributed by atoms with Gasteiger partial charge < -0.3 is 10.6 Å². The van der Waals surface area contributed by atoms with Gasteiger partial charge in [0, 0.05) is 38.4 Å². The van der Waals surface area contributed by atoms with E-state index in [-0.39, 0.29) is 0 Å². The van der Waals surface area contributed by atoms with E-state index in [9.17, 15) is 0 Å². The molecule has 1 aliphatic rings. The molecule has 102 valence electrons. The van der Waals surface area contributed by atoms with Crippen LogP contribution in [0.4, 0.5) is 0 Å².